The summed E-state index contributed by atoms with van der Waals surface area (Å²) in [5.41, 5.74) is 1.43. The molecule has 1 amide bonds. The molecule has 2 unspecified atom stereocenters. The zero-order valence-electron chi connectivity index (χ0n) is 11.1. The van der Waals surface area contributed by atoms with Crippen LogP contribution in [0, 0.1) is 6.92 Å². The van der Waals surface area contributed by atoms with Gasteiger partial charge in [-0.15, -0.1) is 0 Å². The molecule has 1 saturated heterocycles. The Hall–Kier alpha value is -1.07. The van der Waals surface area contributed by atoms with Gasteiger partial charge in [-0.2, -0.15) is 0 Å². The van der Waals surface area contributed by atoms with Gasteiger partial charge in [-0.1, -0.05) is 15.9 Å². The summed E-state index contributed by atoms with van der Waals surface area (Å²) in [7, 11) is 0. The van der Waals surface area contributed by atoms with Crippen LogP contribution in [0.1, 0.15) is 22.8 Å². The van der Waals surface area contributed by atoms with Gasteiger partial charge in [-0.25, -0.2) is 0 Å². The molecule has 19 heavy (non-hydrogen) atoms. The van der Waals surface area contributed by atoms with Crippen LogP contribution in [0.25, 0.3) is 0 Å². The third-order valence-corrected chi connectivity index (χ3v) is 3.95. The maximum atomic E-state index is 12.5. The number of amides is 1. The number of carbonyl (C=O) groups excluding carboxylic acids is 1. The van der Waals surface area contributed by atoms with Crippen molar-refractivity contribution >= 4 is 21.8 Å². The fourth-order valence-electron chi connectivity index (χ4n) is 2.35. The number of rotatable bonds is 2. The van der Waals surface area contributed by atoms with Crippen molar-refractivity contribution in [3.8, 4) is 5.75 Å². The highest BCUT2D eigenvalue weighted by Crippen LogP contribution is 2.20. The Bertz CT molecular complexity index is 478. The van der Waals surface area contributed by atoms with E-state index in [1.807, 2.05) is 18.7 Å². The van der Waals surface area contributed by atoms with E-state index < -0.39 is 0 Å². The number of hydrogen-bond acceptors (Lipinski definition) is 3. The maximum absolute atomic E-state index is 12.5. The molecule has 0 radical (unpaired) electrons. The molecule has 104 valence electrons. The number of phenols is 1. The van der Waals surface area contributed by atoms with Gasteiger partial charge in [0.15, 0.2) is 0 Å². The second kappa shape index (κ2) is 5.92. The van der Waals surface area contributed by atoms with Crippen LogP contribution in [0.5, 0.6) is 5.75 Å². The highest BCUT2D eigenvalue weighted by Gasteiger charge is 2.28. The van der Waals surface area contributed by atoms with Gasteiger partial charge in [0.25, 0.3) is 5.91 Å². The Morgan fingerprint density at radius 1 is 1.53 bits per heavy atom. The highest BCUT2D eigenvalue weighted by atomic mass is 79.9. The van der Waals surface area contributed by atoms with Crippen molar-refractivity contribution in [2.45, 2.75) is 26.1 Å². The molecule has 5 heteroatoms. The molecule has 1 heterocycles. The summed E-state index contributed by atoms with van der Waals surface area (Å²) < 4.78 is 5.72. The van der Waals surface area contributed by atoms with Crippen LogP contribution in [0.2, 0.25) is 0 Å². The van der Waals surface area contributed by atoms with Crippen LogP contribution in [-0.4, -0.2) is 46.5 Å². The molecule has 1 fully saturated rings. The van der Waals surface area contributed by atoms with E-state index in [2.05, 4.69) is 15.9 Å². The first-order chi connectivity index (χ1) is 9.01. The van der Waals surface area contributed by atoms with Crippen molar-refractivity contribution in [1.82, 2.24) is 4.90 Å². The predicted octanol–water partition coefficient (Wildman–Crippen LogP) is 2.33. The maximum Gasteiger partial charge on any atom is 0.254 e. The van der Waals surface area contributed by atoms with Gasteiger partial charge in [0.05, 0.1) is 12.2 Å². The zero-order valence-corrected chi connectivity index (χ0v) is 12.7. The number of benzene rings is 1. The van der Waals surface area contributed by atoms with Gasteiger partial charge < -0.3 is 14.7 Å². The molecular weight excluding hydrogens is 310 g/mol. The molecule has 1 aliphatic heterocycles. The van der Waals surface area contributed by atoms with Crippen LogP contribution in [0.4, 0.5) is 0 Å². The molecule has 0 spiro atoms. The standard InChI is InChI=1S/C14H18BrNO3/c1-9-5-11(17)3-4-13(9)14(18)16-7-10(2)19-12(6-15)8-16/h3-5,10,12,17H,6-8H2,1-2H3. The van der Waals surface area contributed by atoms with Gasteiger partial charge in [0.2, 0.25) is 0 Å². The third kappa shape index (κ3) is 3.28. The molecule has 0 aromatic heterocycles. The lowest BCUT2D eigenvalue weighted by Crippen LogP contribution is -2.49. The van der Waals surface area contributed by atoms with Crippen molar-refractivity contribution in [2.75, 3.05) is 18.4 Å². The molecule has 1 aromatic rings. The van der Waals surface area contributed by atoms with Gasteiger partial charge in [-0.05, 0) is 37.6 Å². The monoisotopic (exact) mass is 327 g/mol. The number of aryl methyl sites for hydroxylation is 1. The first-order valence-corrected chi connectivity index (χ1v) is 7.43. The Balaban J connectivity index is 2.18. The van der Waals surface area contributed by atoms with Crippen molar-refractivity contribution in [1.29, 1.82) is 0 Å². The van der Waals surface area contributed by atoms with Gasteiger partial charge in [0.1, 0.15) is 5.75 Å². The topological polar surface area (TPSA) is 49.8 Å². The van der Waals surface area contributed by atoms with E-state index in [1.54, 1.807) is 18.2 Å². The molecule has 0 saturated carbocycles. The molecule has 0 aliphatic carbocycles. The SMILES string of the molecule is Cc1cc(O)ccc1C(=O)N1CC(C)OC(CBr)C1. The number of phenolic OH excluding ortho intramolecular Hbond substituents is 1. The molecular formula is C14H18BrNO3. The summed E-state index contributed by atoms with van der Waals surface area (Å²) in [6, 6.07) is 4.83. The van der Waals surface area contributed by atoms with E-state index in [-0.39, 0.29) is 23.9 Å². The molecule has 1 aliphatic rings. The van der Waals surface area contributed by atoms with Crippen molar-refractivity contribution in [2.24, 2.45) is 0 Å². The first kappa shape index (κ1) is 14.3. The normalized spacial score (nSPS) is 23.4. The molecule has 4 nitrogen and oxygen atoms in total. The average Bonchev–Trinajstić information content (AvgIpc) is 2.37. The largest absolute Gasteiger partial charge is 0.508 e. The van der Waals surface area contributed by atoms with Crippen LogP contribution < -0.4 is 0 Å². The molecule has 2 rings (SSSR count). The van der Waals surface area contributed by atoms with E-state index in [9.17, 15) is 9.90 Å². The number of aromatic hydroxyl groups is 1. The smallest absolute Gasteiger partial charge is 0.254 e. The van der Waals surface area contributed by atoms with Crippen LogP contribution in [-0.2, 0) is 4.74 Å². The zero-order chi connectivity index (χ0) is 14.0. The van der Waals surface area contributed by atoms with E-state index in [1.165, 1.54) is 0 Å². The molecule has 2 atom stereocenters. The number of morpholine rings is 1. The van der Waals surface area contributed by atoms with Gasteiger partial charge >= 0.3 is 0 Å². The lowest BCUT2D eigenvalue weighted by atomic mass is 10.1. The van der Waals surface area contributed by atoms with E-state index >= 15 is 0 Å². The minimum absolute atomic E-state index is 0.00130. The number of nitrogens with zero attached hydrogens (tertiary/aromatic N) is 1. The van der Waals surface area contributed by atoms with Crippen LogP contribution >= 0.6 is 15.9 Å². The van der Waals surface area contributed by atoms with Gasteiger partial charge in [-0.3, -0.25) is 4.79 Å². The Morgan fingerprint density at radius 3 is 2.89 bits per heavy atom. The minimum atomic E-state index is -0.00130. The number of ether oxygens (including phenoxy) is 1. The summed E-state index contributed by atoms with van der Waals surface area (Å²) >= 11 is 3.40. The molecule has 1 N–H and O–H groups in total. The highest BCUT2D eigenvalue weighted by molar-refractivity contribution is 9.09. The summed E-state index contributed by atoms with van der Waals surface area (Å²) in [5, 5.41) is 10.1. The predicted molar refractivity (Wildman–Crippen MR) is 76.9 cm³/mol. The second-order valence-corrected chi connectivity index (χ2v) is 5.58. The first-order valence-electron chi connectivity index (χ1n) is 6.31. The lowest BCUT2D eigenvalue weighted by molar-refractivity contribution is -0.0559. The minimum Gasteiger partial charge on any atom is -0.508 e. The summed E-state index contributed by atoms with van der Waals surface area (Å²) in [4.78, 5) is 14.3. The summed E-state index contributed by atoms with van der Waals surface area (Å²) in [6.07, 6.45) is 0.0720. The average molecular weight is 328 g/mol. The fraction of sp³-hybridized carbons (Fsp3) is 0.500. The second-order valence-electron chi connectivity index (χ2n) is 4.93. The van der Waals surface area contributed by atoms with E-state index in [0.29, 0.717) is 18.7 Å². The van der Waals surface area contributed by atoms with E-state index in [0.717, 1.165) is 10.9 Å². The molecule has 0 bridgehead atoms. The fourth-order valence-corrected chi connectivity index (χ4v) is 2.71. The number of halogens is 1. The summed E-state index contributed by atoms with van der Waals surface area (Å²) in [6.45, 7) is 5.00. The number of hydrogen-bond donors (Lipinski definition) is 1. The lowest BCUT2D eigenvalue weighted by Gasteiger charge is -2.36. The number of alkyl halides is 1. The van der Waals surface area contributed by atoms with Crippen molar-refractivity contribution < 1.29 is 14.6 Å². The van der Waals surface area contributed by atoms with Crippen molar-refractivity contribution in [3.63, 3.8) is 0 Å². The Labute approximate surface area is 121 Å². The van der Waals surface area contributed by atoms with Crippen LogP contribution in [0.15, 0.2) is 18.2 Å². The van der Waals surface area contributed by atoms with Gasteiger partial charge in [0, 0.05) is 24.0 Å². The summed E-state index contributed by atoms with van der Waals surface area (Å²) in [5.74, 6) is 0.182. The van der Waals surface area contributed by atoms with Crippen LogP contribution in [0.3, 0.4) is 0 Å². The van der Waals surface area contributed by atoms with Crippen molar-refractivity contribution in [3.05, 3.63) is 29.3 Å². The quantitative estimate of drug-likeness (QED) is 0.848. The number of carbonyl (C=O) groups is 1. The Morgan fingerprint density at radius 2 is 2.26 bits per heavy atom. The molecule has 1 aromatic carbocycles. The van der Waals surface area contributed by atoms with E-state index in [4.69, 9.17) is 4.74 Å². The third-order valence-electron chi connectivity index (χ3n) is 3.23. The Kier molecular flexibility index (Phi) is 4.47.